The quantitative estimate of drug-likeness (QED) is 0.517. The minimum atomic E-state index is 0.561. The highest BCUT2D eigenvalue weighted by Gasteiger charge is 2.19. The molecule has 4 aromatic rings. The highest BCUT2D eigenvalue weighted by Crippen LogP contribution is 2.42. The SMILES string of the molecule is COc1cc(-c2nc3ccccc3n2-c2ccccc2)cc(OC)c1OC. The smallest absolute Gasteiger partial charge is 0.203 e. The van der Waals surface area contributed by atoms with Crippen molar-refractivity contribution in [3.05, 3.63) is 66.7 Å². The zero-order valence-corrected chi connectivity index (χ0v) is 15.5. The van der Waals surface area contributed by atoms with Crippen LogP contribution >= 0.6 is 0 Å². The molecule has 1 aromatic heterocycles. The first-order valence-corrected chi connectivity index (χ1v) is 8.60. The largest absolute Gasteiger partial charge is 0.493 e. The standard InChI is InChI=1S/C22H20N2O3/c1-25-19-13-15(14-20(26-2)21(19)27-3)22-23-17-11-7-8-12-18(17)24(22)16-9-5-4-6-10-16/h4-14H,1-3H3. The number of hydrogen-bond acceptors (Lipinski definition) is 4. The van der Waals surface area contributed by atoms with Crippen LogP contribution in [0.15, 0.2) is 66.7 Å². The van der Waals surface area contributed by atoms with Crippen LogP contribution < -0.4 is 14.2 Å². The van der Waals surface area contributed by atoms with E-state index < -0.39 is 0 Å². The van der Waals surface area contributed by atoms with Gasteiger partial charge in [-0.05, 0) is 36.4 Å². The molecule has 0 aliphatic heterocycles. The molecule has 0 fully saturated rings. The number of methoxy groups -OCH3 is 3. The van der Waals surface area contributed by atoms with Gasteiger partial charge in [0.1, 0.15) is 5.82 Å². The molecule has 0 atom stereocenters. The predicted molar refractivity (Wildman–Crippen MR) is 106 cm³/mol. The summed E-state index contributed by atoms with van der Waals surface area (Å²) in [5.41, 5.74) is 3.87. The Morgan fingerprint density at radius 3 is 2.00 bits per heavy atom. The van der Waals surface area contributed by atoms with Crippen molar-refractivity contribution >= 4 is 11.0 Å². The minimum Gasteiger partial charge on any atom is -0.493 e. The van der Waals surface area contributed by atoms with Crippen LogP contribution in [-0.4, -0.2) is 30.9 Å². The first-order chi connectivity index (χ1) is 13.3. The van der Waals surface area contributed by atoms with Crippen molar-refractivity contribution in [3.8, 4) is 34.3 Å². The minimum absolute atomic E-state index is 0.561. The van der Waals surface area contributed by atoms with E-state index in [0.717, 1.165) is 28.1 Å². The van der Waals surface area contributed by atoms with Crippen LogP contribution in [0.3, 0.4) is 0 Å². The van der Waals surface area contributed by atoms with Gasteiger partial charge in [-0.15, -0.1) is 0 Å². The van der Waals surface area contributed by atoms with Crippen molar-refractivity contribution in [2.24, 2.45) is 0 Å². The Balaban J connectivity index is 2.03. The summed E-state index contributed by atoms with van der Waals surface area (Å²) in [6.45, 7) is 0. The van der Waals surface area contributed by atoms with Gasteiger partial charge in [0.05, 0.1) is 32.4 Å². The summed E-state index contributed by atoms with van der Waals surface area (Å²) < 4.78 is 18.6. The van der Waals surface area contributed by atoms with Gasteiger partial charge in [-0.3, -0.25) is 4.57 Å². The predicted octanol–water partition coefficient (Wildman–Crippen LogP) is 4.72. The van der Waals surface area contributed by atoms with E-state index >= 15 is 0 Å². The van der Waals surface area contributed by atoms with Crippen LogP contribution in [0, 0.1) is 0 Å². The van der Waals surface area contributed by atoms with E-state index in [2.05, 4.69) is 22.8 Å². The van der Waals surface area contributed by atoms with E-state index in [9.17, 15) is 0 Å². The Morgan fingerprint density at radius 1 is 0.741 bits per heavy atom. The van der Waals surface area contributed by atoms with Gasteiger partial charge in [0.15, 0.2) is 11.5 Å². The van der Waals surface area contributed by atoms with Crippen LogP contribution in [0.1, 0.15) is 0 Å². The second-order valence-electron chi connectivity index (χ2n) is 6.01. The molecule has 5 heteroatoms. The maximum atomic E-state index is 5.52. The van der Waals surface area contributed by atoms with E-state index in [4.69, 9.17) is 19.2 Å². The van der Waals surface area contributed by atoms with Crippen molar-refractivity contribution in [1.29, 1.82) is 0 Å². The zero-order valence-electron chi connectivity index (χ0n) is 15.5. The van der Waals surface area contributed by atoms with Gasteiger partial charge in [-0.2, -0.15) is 0 Å². The number of benzene rings is 3. The number of imidazole rings is 1. The summed E-state index contributed by atoms with van der Waals surface area (Å²) in [7, 11) is 4.82. The molecule has 1 heterocycles. The number of rotatable bonds is 5. The summed E-state index contributed by atoms with van der Waals surface area (Å²) in [5, 5.41) is 0. The van der Waals surface area contributed by atoms with Gasteiger partial charge >= 0.3 is 0 Å². The molecule has 0 aliphatic carbocycles. The fraction of sp³-hybridized carbons (Fsp3) is 0.136. The van der Waals surface area contributed by atoms with Crippen molar-refractivity contribution in [2.75, 3.05) is 21.3 Å². The van der Waals surface area contributed by atoms with Crippen LogP contribution in [0.25, 0.3) is 28.1 Å². The molecule has 5 nitrogen and oxygen atoms in total. The molecular formula is C22H20N2O3. The number of ether oxygens (including phenoxy) is 3. The van der Waals surface area contributed by atoms with Gasteiger partial charge in [-0.1, -0.05) is 30.3 Å². The van der Waals surface area contributed by atoms with Gasteiger partial charge in [0, 0.05) is 11.3 Å². The van der Waals surface area contributed by atoms with Crippen molar-refractivity contribution in [2.45, 2.75) is 0 Å². The van der Waals surface area contributed by atoms with Crippen molar-refractivity contribution in [1.82, 2.24) is 9.55 Å². The van der Waals surface area contributed by atoms with E-state index in [1.54, 1.807) is 21.3 Å². The molecule has 0 N–H and O–H groups in total. The summed E-state index contributed by atoms with van der Waals surface area (Å²) in [4.78, 5) is 4.88. The van der Waals surface area contributed by atoms with Crippen LogP contribution in [0.4, 0.5) is 0 Å². The van der Waals surface area contributed by atoms with E-state index in [1.165, 1.54) is 0 Å². The van der Waals surface area contributed by atoms with Crippen molar-refractivity contribution in [3.63, 3.8) is 0 Å². The number of nitrogens with zero attached hydrogens (tertiary/aromatic N) is 2. The summed E-state index contributed by atoms with van der Waals surface area (Å²) >= 11 is 0. The number of hydrogen-bond donors (Lipinski definition) is 0. The molecule has 0 aliphatic rings. The number of aromatic nitrogens is 2. The van der Waals surface area contributed by atoms with Gasteiger partial charge in [0.25, 0.3) is 0 Å². The van der Waals surface area contributed by atoms with Gasteiger partial charge < -0.3 is 14.2 Å². The molecule has 3 aromatic carbocycles. The van der Waals surface area contributed by atoms with Crippen LogP contribution in [-0.2, 0) is 0 Å². The van der Waals surface area contributed by atoms with Gasteiger partial charge in [-0.25, -0.2) is 4.98 Å². The average molecular weight is 360 g/mol. The molecule has 27 heavy (non-hydrogen) atoms. The second-order valence-corrected chi connectivity index (χ2v) is 6.01. The Hall–Kier alpha value is -3.47. The Morgan fingerprint density at radius 2 is 1.37 bits per heavy atom. The lowest BCUT2D eigenvalue weighted by Gasteiger charge is -2.15. The third-order valence-corrected chi connectivity index (χ3v) is 4.50. The van der Waals surface area contributed by atoms with Crippen LogP contribution in [0.2, 0.25) is 0 Å². The topological polar surface area (TPSA) is 45.5 Å². The monoisotopic (exact) mass is 360 g/mol. The lowest BCUT2D eigenvalue weighted by molar-refractivity contribution is 0.324. The summed E-state index contributed by atoms with van der Waals surface area (Å²) in [6.07, 6.45) is 0. The highest BCUT2D eigenvalue weighted by molar-refractivity contribution is 5.84. The molecule has 4 rings (SSSR count). The third kappa shape index (κ3) is 2.87. The highest BCUT2D eigenvalue weighted by atomic mass is 16.5. The number of fused-ring (bicyclic) bond motifs is 1. The lowest BCUT2D eigenvalue weighted by Crippen LogP contribution is -2.00. The molecule has 0 amide bonds. The van der Waals surface area contributed by atoms with Crippen LogP contribution in [0.5, 0.6) is 17.2 Å². The average Bonchev–Trinajstić information content (AvgIpc) is 3.12. The van der Waals surface area contributed by atoms with E-state index in [0.29, 0.717) is 17.2 Å². The Labute approximate surface area is 157 Å². The molecular weight excluding hydrogens is 340 g/mol. The fourth-order valence-electron chi connectivity index (χ4n) is 3.27. The first kappa shape index (κ1) is 17.0. The molecule has 136 valence electrons. The Bertz CT molecular complexity index is 1060. The van der Waals surface area contributed by atoms with E-state index in [-0.39, 0.29) is 0 Å². The molecule has 0 radical (unpaired) electrons. The van der Waals surface area contributed by atoms with Crippen molar-refractivity contribution < 1.29 is 14.2 Å². The summed E-state index contributed by atoms with van der Waals surface area (Å²) in [6, 6.07) is 22.1. The maximum Gasteiger partial charge on any atom is 0.203 e. The Kier molecular flexibility index (Phi) is 4.42. The molecule has 0 unspecified atom stereocenters. The van der Waals surface area contributed by atoms with Gasteiger partial charge in [0.2, 0.25) is 5.75 Å². The maximum absolute atomic E-state index is 5.52. The van der Waals surface area contributed by atoms with E-state index in [1.807, 2.05) is 48.5 Å². The fourth-order valence-corrected chi connectivity index (χ4v) is 3.27. The lowest BCUT2D eigenvalue weighted by atomic mass is 10.1. The first-order valence-electron chi connectivity index (χ1n) is 8.60. The molecule has 0 spiro atoms. The zero-order chi connectivity index (χ0) is 18.8. The molecule has 0 bridgehead atoms. The summed E-state index contributed by atoms with van der Waals surface area (Å²) in [5.74, 6) is 2.56. The number of para-hydroxylation sites is 3. The second kappa shape index (κ2) is 7.03. The third-order valence-electron chi connectivity index (χ3n) is 4.50. The molecule has 0 saturated heterocycles. The molecule has 0 saturated carbocycles. The normalized spacial score (nSPS) is 10.8.